The van der Waals surface area contributed by atoms with E-state index in [9.17, 15) is 4.79 Å². The second-order valence-electron chi connectivity index (χ2n) is 4.61. The molecule has 0 aliphatic carbocycles. The molecule has 1 unspecified atom stereocenters. The van der Waals surface area contributed by atoms with Gasteiger partial charge >= 0.3 is 0 Å². The molecule has 112 valence electrons. The number of nitrogens with one attached hydrogen (secondary N) is 2. The summed E-state index contributed by atoms with van der Waals surface area (Å²) in [5.41, 5.74) is 2.10. The summed E-state index contributed by atoms with van der Waals surface area (Å²) in [4.78, 5) is 11.9. The van der Waals surface area contributed by atoms with Crippen LogP contribution in [-0.4, -0.2) is 33.4 Å². The minimum Gasteiger partial charge on any atom is -0.351 e. The van der Waals surface area contributed by atoms with Gasteiger partial charge in [0.15, 0.2) is 0 Å². The molecule has 3 rings (SSSR count). The molecule has 2 heterocycles. The fourth-order valence-corrected chi connectivity index (χ4v) is 3.01. The summed E-state index contributed by atoms with van der Waals surface area (Å²) in [6, 6.07) is 9.85. The third-order valence-corrected chi connectivity index (χ3v) is 4.14. The summed E-state index contributed by atoms with van der Waals surface area (Å²) in [7, 11) is 0. The maximum absolute atomic E-state index is 11.9. The van der Waals surface area contributed by atoms with Crippen molar-refractivity contribution in [1.29, 1.82) is 0 Å². The summed E-state index contributed by atoms with van der Waals surface area (Å²) in [5, 5.41) is 10.3. The van der Waals surface area contributed by atoms with Crippen LogP contribution in [0.3, 0.4) is 0 Å². The van der Waals surface area contributed by atoms with Gasteiger partial charge in [-0.15, -0.1) is 24.2 Å². The number of halogens is 1. The standard InChI is InChI=1S/C14H16N4OS.ClH/c19-14(13-9-20-10-16-13)15-8-11-2-4-12(5-3-11)18-7-1-6-17-18;/h1-7,13,16H,8-10H2,(H,15,19);1H. The Morgan fingerprint density at radius 1 is 1.43 bits per heavy atom. The molecule has 1 amide bonds. The van der Waals surface area contributed by atoms with E-state index in [1.165, 1.54) is 0 Å². The minimum absolute atomic E-state index is 0. The topological polar surface area (TPSA) is 59.0 Å². The first-order valence-corrected chi connectivity index (χ1v) is 7.66. The minimum atomic E-state index is -0.0525. The number of hydrogen-bond acceptors (Lipinski definition) is 4. The Hall–Kier alpha value is -1.50. The van der Waals surface area contributed by atoms with Crippen LogP contribution in [0.2, 0.25) is 0 Å². The van der Waals surface area contributed by atoms with E-state index in [1.54, 1.807) is 18.0 Å². The molecule has 0 spiro atoms. The fourth-order valence-electron chi connectivity index (χ4n) is 2.06. The van der Waals surface area contributed by atoms with Crippen LogP contribution >= 0.6 is 24.2 Å². The molecular weight excluding hydrogens is 308 g/mol. The van der Waals surface area contributed by atoms with E-state index in [4.69, 9.17) is 0 Å². The smallest absolute Gasteiger partial charge is 0.238 e. The average molecular weight is 325 g/mol. The summed E-state index contributed by atoms with van der Waals surface area (Å²) >= 11 is 1.75. The van der Waals surface area contributed by atoms with Gasteiger partial charge in [0.25, 0.3) is 0 Å². The summed E-state index contributed by atoms with van der Waals surface area (Å²) < 4.78 is 1.81. The van der Waals surface area contributed by atoms with Gasteiger partial charge in [-0.25, -0.2) is 4.68 Å². The van der Waals surface area contributed by atoms with Crippen LogP contribution < -0.4 is 10.6 Å². The number of carbonyl (C=O) groups is 1. The van der Waals surface area contributed by atoms with E-state index in [1.807, 2.05) is 41.2 Å². The first-order valence-electron chi connectivity index (χ1n) is 6.51. The van der Waals surface area contributed by atoms with Crippen molar-refractivity contribution in [2.24, 2.45) is 0 Å². The van der Waals surface area contributed by atoms with Crippen LogP contribution in [0.15, 0.2) is 42.7 Å². The Morgan fingerprint density at radius 3 is 2.86 bits per heavy atom. The van der Waals surface area contributed by atoms with Gasteiger partial charge in [0.2, 0.25) is 5.91 Å². The van der Waals surface area contributed by atoms with Crippen LogP contribution in [0.4, 0.5) is 0 Å². The summed E-state index contributed by atoms with van der Waals surface area (Å²) in [6.07, 6.45) is 3.65. The molecular formula is C14H17ClN4OS. The third kappa shape index (κ3) is 4.00. The molecule has 1 aromatic carbocycles. The van der Waals surface area contributed by atoms with E-state index in [-0.39, 0.29) is 24.4 Å². The number of aromatic nitrogens is 2. The molecule has 1 atom stereocenters. The Labute approximate surface area is 133 Å². The highest BCUT2D eigenvalue weighted by molar-refractivity contribution is 7.99. The molecule has 5 nitrogen and oxygen atoms in total. The summed E-state index contributed by atoms with van der Waals surface area (Å²) in [6.45, 7) is 0.557. The van der Waals surface area contributed by atoms with Crippen LogP contribution in [0.1, 0.15) is 5.56 Å². The lowest BCUT2D eigenvalue weighted by Gasteiger charge is -2.10. The first-order chi connectivity index (χ1) is 9.83. The molecule has 0 bridgehead atoms. The number of benzene rings is 1. The molecule has 1 aliphatic rings. The number of nitrogens with zero attached hydrogens (tertiary/aromatic N) is 2. The molecule has 1 saturated heterocycles. The quantitative estimate of drug-likeness (QED) is 0.896. The van der Waals surface area contributed by atoms with Crippen molar-refractivity contribution in [3.8, 4) is 5.69 Å². The zero-order valence-electron chi connectivity index (χ0n) is 11.4. The van der Waals surface area contributed by atoms with Gasteiger partial charge in [-0.05, 0) is 23.8 Å². The zero-order chi connectivity index (χ0) is 13.8. The van der Waals surface area contributed by atoms with E-state index in [0.29, 0.717) is 6.54 Å². The van der Waals surface area contributed by atoms with E-state index in [2.05, 4.69) is 15.7 Å². The van der Waals surface area contributed by atoms with Gasteiger partial charge in [0.1, 0.15) is 0 Å². The third-order valence-electron chi connectivity index (χ3n) is 3.20. The van der Waals surface area contributed by atoms with E-state index < -0.39 is 0 Å². The monoisotopic (exact) mass is 324 g/mol. The molecule has 1 fully saturated rings. The van der Waals surface area contributed by atoms with Gasteiger partial charge in [0.05, 0.1) is 11.7 Å². The Bertz CT molecular complexity index is 567. The van der Waals surface area contributed by atoms with Crippen LogP contribution in [0.5, 0.6) is 0 Å². The molecule has 1 aliphatic heterocycles. The number of hydrogen-bond donors (Lipinski definition) is 2. The Kier molecular flexibility index (Phi) is 5.67. The highest BCUT2D eigenvalue weighted by Gasteiger charge is 2.21. The molecule has 21 heavy (non-hydrogen) atoms. The molecule has 0 saturated carbocycles. The van der Waals surface area contributed by atoms with Gasteiger partial charge < -0.3 is 5.32 Å². The maximum atomic E-state index is 11.9. The molecule has 0 radical (unpaired) electrons. The van der Waals surface area contributed by atoms with Gasteiger partial charge in [0, 0.05) is 30.6 Å². The molecule has 1 aromatic heterocycles. The number of amides is 1. The SMILES string of the molecule is Cl.O=C(NCc1ccc(-n2cccn2)cc1)C1CSCN1. The van der Waals surface area contributed by atoms with Gasteiger partial charge in [-0.3, -0.25) is 10.1 Å². The second-order valence-corrected chi connectivity index (χ2v) is 5.64. The first kappa shape index (κ1) is 15.9. The van der Waals surface area contributed by atoms with Crippen molar-refractivity contribution in [3.05, 3.63) is 48.3 Å². The van der Waals surface area contributed by atoms with Crippen molar-refractivity contribution in [3.63, 3.8) is 0 Å². The lowest BCUT2D eigenvalue weighted by Crippen LogP contribution is -2.41. The predicted molar refractivity (Wildman–Crippen MR) is 86.9 cm³/mol. The van der Waals surface area contributed by atoms with Crippen LogP contribution in [-0.2, 0) is 11.3 Å². The van der Waals surface area contributed by atoms with Crippen molar-refractivity contribution in [1.82, 2.24) is 20.4 Å². The zero-order valence-corrected chi connectivity index (χ0v) is 13.0. The van der Waals surface area contributed by atoms with Crippen molar-refractivity contribution in [2.75, 3.05) is 11.6 Å². The Balaban J connectivity index is 0.00000161. The number of carbonyl (C=O) groups excluding carboxylic acids is 1. The van der Waals surface area contributed by atoms with E-state index >= 15 is 0 Å². The highest BCUT2D eigenvalue weighted by Crippen LogP contribution is 2.11. The predicted octanol–water partition coefficient (Wildman–Crippen LogP) is 1.57. The molecule has 2 aromatic rings. The summed E-state index contributed by atoms with van der Waals surface area (Å²) in [5.74, 6) is 1.78. The lowest BCUT2D eigenvalue weighted by molar-refractivity contribution is -0.122. The number of rotatable bonds is 4. The van der Waals surface area contributed by atoms with Crippen molar-refractivity contribution in [2.45, 2.75) is 12.6 Å². The van der Waals surface area contributed by atoms with Crippen LogP contribution in [0, 0.1) is 0 Å². The fraction of sp³-hybridized carbons (Fsp3) is 0.286. The average Bonchev–Trinajstić information content (AvgIpc) is 3.18. The molecule has 7 heteroatoms. The van der Waals surface area contributed by atoms with Gasteiger partial charge in [-0.1, -0.05) is 12.1 Å². The number of thioether (sulfide) groups is 1. The molecule has 2 N–H and O–H groups in total. The second kappa shape index (κ2) is 7.49. The Morgan fingerprint density at radius 2 is 2.24 bits per heavy atom. The van der Waals surface area contributed by atoms with Crippen LogP contribution in [0.25, 0.3) is 5.69 Å². The maximum Gasteiger partial charge on any atom is 0.238 e. The largest absolute Gasteiger partial charge is 0.351 e. The van der Waals surface area contributed by atoms with Crippen molar-refractivity contribution >= 4 is 30.1 Å². The highest BCUT2D eigenvalue weighted by atomic mass is 35.5. The van der Waals surface area contributed by atoms with Gasteiger partial charge in [-0.2, -0.15) is 5.10 Å². The lowest BCUT2D eigenvalue weighted by atomic mass is 10.2. The van der Waals surface area contributed by atoms with E-state index in [0.717, 1.165) is 22.9 Å². The normalized spacial score (nSPS) is 17.2. The van der Waals surface area contributed by atoms with Crippen molar-refractivity contribution < 1.29 is 4.79 Å².